The maximum absolute atomic E-state index is 11.7. The molecule has 2 fully saturated rings. The van der Waals surface area contributed by atoms with Crippen molar-refractivity contribution in [1.82, 2.24) is 10.2 Å². The van der Waals surface area contributed by atoms with Gasteiger partial charge in [0.2, 0.25) is 5.91 Å². The number of carbonyl (C=O) groups excluding carboxylic acids is 1. The van der Waals surface area contributed by atoms with E-state index in [2.05, 4.69) is 24.1 Å². The second kappa shape index (κ2) is 3.29. The third-order valence-corrected chi connectivity index (χ3v) is 3.23. The second-order valence-corrected chi connectivity index (χ2v) is 4.42. The van der Waals surface area contributed by atoms with E-state index in [4.69, 9.17) is 0 Å². The molecule has 1 N–H and O–H groups in total. The van der Waals surface area contributed by atoms with E-state index in [0.717, 1.165) is 19.5 Å². The van der Waals surface area contributed by atoms with E-state index in [1.54, 1.807) is 0 Å². The quantitative estimate of drug-likeness (QED) is 0.644. The lowest BCUT2D eigenvalue weighted by Crippen LogP contribution is -2.49. The molecule has 2 aliphatic heterocycles. The van der Waals surface area contributed by atoms with Gasteiger partial charge in [-0.2, -0.15) is 0 Å². The van der Waals surface area contributed by atoms with Crippen LogP contribution in [-0.2, 0) is 4.79 Å². The molecule has 0 spiro atoms. The molecule has 0 bridgehead atoms. The van der Waals surface area contributed by atoms with Crippen LogP contribution < -0.4 is 5.32 Å². The highest BCUT2D eigenvalue weighted by Crippen LogP contribution is 2.31. The van der Waals surface area contributed by atoms with Crippen LogP contribution in [0.1, 0.15) is 26.7 Å². The van der Waals surface area contributed by atoms with Crippen LogP contribution in [0.15, 0.2) is 0 Å². The Morgan fingerprint density at radius 3 is 3.00 bits per heavy atom. The summed E-state index contributed by atoms with van der Waals surface area (Å²) in [5, 5.41) is 3.37. The number of fused-ring (bicyclic) bond motifs is 1. The highest BCUT2D eigenvalue weighted by Gasteiger charge is 2.41. The molecular weight excluding hydrogens is 164 g/mol. The van der Waals surface area contributed by atoms with Gasteiger partial charge < -0.3 is 10.2 Å². The van der Waals surface area contributed by atoms with Crippen LogP contribution in [0.4, 0.5) is 0 Å². The zero-order valence-electron chi connectivity index (χ0n) is 8.42. The third kappa shape index (κ3) is 1.46. The molecule has 13 heavy (non-hydrogen) atoms. The van der Waals surface area contributed by atoms with Crippen LogP contribution >= 0.6 is 0 Å². The maximum Gasteiger partial charge on any atom is 0.223 e. The number of amides is 1. The number of piperidine rings is 1. The number of rotatable bonds is 1. The Balaban J connectivity index is 2.13. The zero-order chi connectivity index (χ0) is 9.42. The summed E-state index contributed by atoms with van der Waals surface area (Å²) in [6.07, 6.45) is 1.95. The number of carbonyl (C=O) groups is 1. The van der Waals surface area contributed by atoms with Crippen molar-refractivity contribution in [1.29, 1.82) is 0 Å². The van der Waals surface area contributed by atoms with Crippen molar-refractivity contribution in [2.75, 3.05) is 13.1 Å². The van der Waals surface area contributed by atoms with Crippen molar-refractivity contribution in [3.63, 3.8) is 0 Å². The van der Waals surface area contributed by atoms with Crippen LogP contribution in [0.25, 0.3) is 0 Å². The van der Waals surface area contributed by atoms with Crippen molar-refractivity contribution < 1.29 is 4.79 Å². The highest BCUT2D eigenvalue weighted by atomic mass is 16.2. The van der Waals surface area contributed by atoms with Crippen LogP contribution in [0.3, 0.4) is 0 Å². The number of hydrogen-bond acceptors (Lipinski definition) is 2. The summed E-state index contributed by atoms with van der Waals surface area (Å²) in [4.78, 5) is 13.7. The Morgan fingerprint density at radius 2 is 2.31 bits per heavy atom. The fourth-order valence-electron chi connectivity index (χ4n) is 2.65. The van der Waals surface area contributed by atoms with Crippen molar-refractivity contribution in [2.45, 2.75) is 38.8 Å². The molecular formula is C10H18N2O. The standard InChI is InChI=1S/C10H18N2O/c1-7(2)12-9-6-11-4-3-8(9)5-10(12)13/h7-9,11H,3-6H2,1-2H3. The number of hydrogen-bond donors (Lipinski definition) is 1. The summed E-state index contributed by atoms with van der Waals surface area (Å²) in [6, 6.07) is 0.837. The van der Waals surface area contributed by atoms with Gasteiger partial charge in [-0.25, -0.2) is 0 Å². The predicted octanol–water partition coefficient (Wildman–Crippen LogP) is 0.605. The smallest absolute Gasteiger partial charge is 0.223 e. The lowest BCUT2D eigenvalue weighted by atomic mass is 9.93. The van der Waals surface area contributed by atoms with Crippen LogP contribution in [0.2, 0.25) is 0 Å². The molecule has 0 aromatic carbocycles. The van der Waals surface area contributed by atoms with Crippen LogP contribution in [0, 0.1) is 5.92 Å². The maximum atomic E-state index is 11.7. The molecule has 0 aliphatic carbocycles. The van der Waals surface area contributed by atoms with Crippen molar-refractivity contribution >= 4 is 5.91 Å². The molecule has 74 valence electrons. The minimum atomic E-state index is 0.355. The molecule has 2 unspecified atom stereocenters. The normalized spacial score (nSPS) is 34.1. The number of nitrogens with zero attached hydrogens (tertiary/aromatic N) is 1. The molecule has 3 heteroatoms. The van der Waals surface area contributed by atoms with Gasteiger partial charge in [-0.1, -0.05) is 0 Å². The fraction of sp³-hybridized carbons (Fsp3) is 0.900. The van der Waals surface area contributed by atoms with E-state index in [-0.39, 0.29) is 0 Å². The van der Waals surface area contributed by atoms with Crippen molar-refractivity contribution in [3.8, 4) is 0 Å². The van der Waals surface area contributed by atoms with E-state index >= 15 is 0 Å². The number of likely N-dealkylation sites (tertiary alicyclic amines) is 1. The van der Waals surface area contributed by atoms with Crippen LogP contribution in [0.5, 0.6) is 0 Å². The highest BCUT2D eigenvalue weighted by molar-refractivity contribution is 5.79. The molecule has 2 rings (SSSR count). The van der Waals surface area contributed by atoms with E-state index < -0.39 is 0 Å². The fourth-order valence-corrected chi connectivity index (χ4v) is 2.65. The average Bonchev–Trinajstić information content (AvgIpc) is 2.39. The first-order valence-corrected chi connectivity index (χ1v) is 5.22. The summed E-state index contributed by atoms with van der Waals surface area (Å²) in [5.41, 5.74) is 0. The molecule has 2 atom stereocenters. The first-order valence-electron chi connectivity index (χ1n) is 5.22. The largest absolute Gasteiger partial charge is 0.336 e. The number of nitrogens with one attached hydrogen (secondary N) is 1. The van der Waals surface area contributed by atoms with Gasteiger partial charge in [0.1, 0.15) is 0 Å². The molecule has 0 saturated carbocycles. The van der Waals surface area contributed by atoms with Gasteiger partial charge in [0, 0.05) is 25.0 Å². The Hall–Kier alpha value is -0.570. The Labute approximate surface area is 79.5 Å². The van der Waals surface area contributed by atoms with Gasteiger partial charge in [0.15, 0.2) is 0 Å². The first kappa shape index (κ1) is 9.00. The van der Waals surface area contributed by atoms with Crippen LogP contribution in [-0.4, -0.2) is 36.0 Å². The van der Waals surface area contributed by atoms with E-state index in [9.17, 15) is 4.79 Å². The monoisotopic (exact) mass is 182 g/mol. The summed E-state index contributed by atoms with van der Waals surface area (Å²) < 4.78 is 0. The minimum Gasteiger partial charge on any atom is -0.336 e. The molecule has 3 nitrogen and oxygen atoms in total. The predicted molar refractivity (Wildman–Crippen MR) is 51.4 cm³/mol. The summed E-state index contributed by atoms with van der Waals surface area (Å²) in [5.74, 6) is 0.977. The first-order chi connectivity index (χ1) is 6.20. The average molecular weight is 182 g/mol. The Bertz CT molecular complexity index is 215. The van der Waals surface area contributed by atoms with Gasteiger partial charge >= 0.3 is 0 Å². The van der Waals surface area contributed by atoms with Gasteiger partial charge in [-0.15, -0.1) is 0 Å². The van der Waals surface area contributed by atoms with Gasteiger partial charge in [0.25, 0.3) is 0 Å². The van der Waals surface area contributed by atoms with Crippen molar-refractivity contribution in [2.24, 2.45) is 5.92 Å². The van der Waals surface area contributed by atoms with E-state index in [1.165, 1.54) is 6.42 Å². The molecule has 1 amide bonds. The molecule has 2 aliphatic rings. The minimum absolute atomic E-state index is 0.355. The lowest BCUT2D eigenvalue weighted by Gasteiger charge is -2.34. The molecule has 0 aromatic heterocycles. The second-order valence-electron chi connectivity index (χ2n) is 4.42. The summed E-state index contributed by atoms with van der Waals surface area (Å²) in [6.45, 7) is 6.29. The summed E-state index contributed by atoms with van der Waals surface area (Å²) >= 11 is 0. The van der Waals surface area contributed by atoms with E-state index in [0.29, 0.717) is 23.9 Å². The van der Waals surface area contributed by atoms with Gasteiger partial charge in [-0.05, 0) is 32.7 Å². The Kier molecular flexibility index (Phi) is 2.28. The summed E-state index contributed by atoms with van der Waals surface area (Å²) in [7, 11) is 0. The van der Waals surface area contributed by atoms with Gasteiger partial charge in [-0.3, -0.25) is 4.79 Å². The topological polar surface area (TPSA) is 32.3 Å². The van der Waals surface area contributed by atoms with Crippen molar-refractivity contribution in [3.05, 3.63) is 0 Å². The Morgan fingerprint density at radius 1 is 1.54 bits per heavy atom. The lowest BCUT2D eigenvalue weighted by molar-refractivity contribution is -0.130. The van der Waals surface area contributed by atoms with Gasteiger partial charge in [0.05, 0.1) is 0 Å². The SMILES string of the molecule is CC(C)N1C(=O)CC2CCNCC21. The zero-order valence-corrected chi connectivity index (χ0v) is 8.42. The molecule has 2 saturated heterocycles. The molecule has 2 heterocycles. The van der Waals surface area contributed by atoms with E-state index in [1.807, 2.05) is 0 Å². The third-order valence-electron chi connectivity index (χ3n) is 3.23. The molecule has 0 aromatic rings. The molecule has 0 radical (unpaired) electrons.